The SMILES string of the molecule is Cc1cc2c(cc1-c1ccnc(C#N)n1)OCCO2. The molecule has 0 fully saturated rings. The van der Waals surface area contributed by atoms with Crippen molar-refractivity contribution in [3.8, 4) is 28.8 Å². The highest BCUT2D eigenvalue weighted by atomic mass is 16.6. The number of hydrogen-bond donors (Lipinski definition) is 0. The molecule has 0 radical (unpaired) electrons. The minimum atomic E-state index is 0.159. The Hall–Kier alpha value is -2.61. The van der Waals surface area contributed by atoms with Crippen molar-refractivity contribution < 1.29 is 9.47 Å². The van der Waals surface area contributed by atoms with E-state index in [0.717, 1.165) is 16.9 Å². The van der Waals surface area contributed by atoms with Gasteiger partial charge in [0.15, 0.2) is 11.5 Å². The molecule has 5 heteroatoms. The molecule has 0 aliphatic carbocycles. The van der Waals surface area contributed by atoms with Crippen LogP contribution in [-0.4, -0.2) is 23.2 Å². The van der Waals surface area contributed by atoms with Crippen LogP contribution in [-0.2, 0) is 0 Å². The van der Waals surface area contributed by atoms with Crippen LogP contribution in [0.4, 0.5) is 0 Å². The van der Waals surface area contributed by atoms with Crippen LogP contribution in [0.1, 0.15) is 11.4 Å². The van der Waals surface area contributed by atoms with Crippen molar-refractivity contribution in [1.82, 2.24) is 9.97 Å². The summed E-state index contributed by atoms with van der Waals surface area (Å²) >= 11 is 0. The van der Waals surface area contributed by atoms with Gasteiger partial charge in [0.2, 0.25) is 5.82 Å². The van der Waals surface area contributed by atoms with Gasteiger partial charge in [-0.15, -0.1) is 0 Å². The fourth-order valence-corrected chi connectivity index (χ4v) is 2.03. The minimum Gasteiger partial charge on any atom is -0.486 e. The van der Waals surface area contributed by atoms with E-state index in [-0.39, 0.29) is 5.82 Å². The van der Waals surface area contributed by atoms with Gasteiger partial charge in [0.25, 0.3) is 0 Å². The summed E-state index contributed by atoms with van der Waals surface area (Å²) in [5, 5.41) is 8.85. The lowest BCUT2D eigenvalue weighted by atomic mass is 10.0. The number of fused-ring (bicyclic) bond motifs is 1. The third-order valence-corrected chi connectivity index (χ3v) is 2.92. The maximum atomic E-state index is 8.85. The molecule has 0 amide bonds. The fraction of sp³-hybridized carbons (Fsp3) is 0.214. The van der Waals surface area contributed by atoms with E-state index in [0.29, 0.717) is 24.7 Å². The lowest BCUT2D eigenvalue weighted by Crippen LogP contribution is -2.15. The van der Waals surface area contributed by atoms with Crippen LogP contribution in [0.3, 0.4) is 0 Å². The zero-order valence-corrected chi connectivity index (χ0v) is 10.4. The normalized spacial score (nSPS) is 12.8. The van der Waals surface area contributed by atoms with Gasteiger partial charge in [-0.05, 0) is 30.7 Å². The Labute approximate surface area is 110 Å². The van der Waals surface area contributed by atoms with Crippen molar-refractivity contribution in [2.45, 2.75) is 6.92 Å². The van der Waals surface area contributed by atoms with E-state index in [4.69, 9.17) is 14.7 Å². The van der Waals surface area contributed by atoms with Gasteiger partial charge in [-0.25, -0.2) is 9.97 Å². The van der Waals surface area contributed by atoms with E-state index >= 15 is 0 Å². The van der Waals surface area contributed by atoms with E-state index in [1.807, 2.05) is 25.1 Å². The summed E-state index contributed by atoms with van der Waals surface area (Å²) in [4.78, 5) is 8.08. The number of nitrogens with zero attached hydrogens (tertiary/aromatic N) is 3. The molecule has 2 aromatic rings. The van der Waals surface area contributed by atoms with Crippen molar-refractivity contribution in [1.29, 1.82) is 5.26 Å². The number of ether oxygens (including phenoxy) is 2. The Morgan fingerprint density at radius 1 is 1.21 bits per heavy atom. The van der Waals surface area contributed by atoms with E-state index in [2.05, 4.69) is 9.97 Å². The van der Waals surface area contributed by atoms with Crippen molar-refractivity contribution in [3.63, 3.8) is 0 Å². The fourth-order valence-electron chi connectivity index (χ4n) is 2.03. The number of rotatable bonds is 1. The number of aryl methyl sites for hydroxylation is 1. The molecule has 5 nitrogen and oxygen atoms in total. The average molecular weight is 253 g/mol. The molecule has 3 rings (SSSR count). The molecule has 0 bridgehead atoms. The van der Waals surface area contributed by atoms with Crippen molar-refractivity contribution in [2.24, 2.45) is 0 Å². The molecule has 1 aliphatic rings. The lowest BCUT2D eigenvalue weighted by Gasteiger charge is -2.20. The van der Waals surface area contributed by atoms with Crippen LogP contribution in [0, 0.1) is 18.3 Å². The first-order valence-electron chi connectivity index (χ1n) is 5.91. The van der Waals surface area contributed by atoms with Crippen molar-refractivity contribution in [3.05, 3.63) is 35.8 Å². The first-order valence-corrected chi connectivity index (χ1v) is 5.91. The summed E-state index contributed by atoms with van der Waals surface area (Å²) < 4.78 is 11.1. The van der Waals surface area contributed by atoms with Crippen LogP contribution in [0.25, 0.3) is 11.3 Å². The highest BCUT2D eigenvalue weighted by Gasteiger charge is 2.15. The highest BCUT2D eigenvalue weighted by Crippen LogP contribution is 2.36. The van der Waals surface area contributed by atoms with Gasteiger partial charge in [-0.3, -0.25) is 0 Å². The van der Waals surface area contributed by atoms with E-state index in [1.54, 1.807) is 12.3 Å². The third kappa shape index (κ3) is 2.08. The van der Waals surface area contributed by atoms with Gasteiger partial charge in [0.05, 0.1) is 5.69 Å². The van der Waals surface area contributed by atoms with Crippen LogP contribution < -0.4 is 9.47 Å². The molecule has 1 aliphatic heterocycles. The molecule has 0 N–H and O–H groups in total. The van der Waals surface area contributed by atoms with Gasteiger partial charge in [-0.2, -0.15) is 5.26 Å². The predicted octanol–water partition coefficient (Wildman–Crippen LogP) is 2.09. The summed E-state index contributed by atoms with van der Waals surface area (Å²) in [5.74, 6) is 1.62. The van der Waals surface area contributed by atoms with Gasteiger partial charge in [0, 0.05) is 11.8 Å². The Balaban J connectivity index is 2.12. The molecular weight excluding hydrogens is 242 g/mol. The monoisotopic (exact) mass is 253 g/mol. The Kier molecular flexibility index (Phi) is 2.76. The molecule has 2 heterocycles. The van der Waals surface area contributed by atoms with Gasteiger partial charge in [-0.1, -0.05) is 0 Å². The van der Waals surface area contributed by atoms with Crippen molar-refractivity contribution >= 4 is 0 Å². The molecule has 0 saturated heterocycles. The second-order valence-corrected chi connectivity index (χ2v) is 4.19. The van der Waals surface area contributed by atoms with Crippen LogP contribution >= 0.6 is 0 Å². The minimum absolute atomic E-state index is 0.159. The van der Waals surface area contributed by atoms with Crippen LogP contribution in [0.5, 0.6) is 11.5 Å². The quantitative estimate of drug-likeness (QED) is 0.778. The van der Waals surface area contributed by atoms with Gasteiger partial charge < -0.3 is 9.47 Å². The van der Waals surface area contributed by atoms with E-state index in [9.17, 15) is 0 Å². The Morgan fingerprint density at radius 3 is 2.68 bits per heavy atom. The zero-order chi connectivity index (χ0) is 13.2. The Bertz CT molecular complexity index is 677. The molecular formula is C14H11N3O2. The average Bonchev–Trinajstić information content (AvgIpc) is 2.46. The summed E-state index contributed by atoms with van der Waals surface area (Å²) in [6.07, 6.45) is 1.58. The third-order valence-electron chi connectivity index (χ3n) is 2.92. The molecule has 94 valence electrons. The molecule has 0 unspecified atom stereocenters. The molecule has 0 spiro atoms. The lowest BCUT2D eigenvalue weighted by molar-refractivity contribution is 0.171. The van der Waals surface area contributed by atoms with E-state index < -0.39 is 0 Å². The summed E-state index contributed by atoms with van der Waals surface area (Å²) in [6, 6.07) is 7.54. The standard InChI is InChI=1S/C14H11N3O2/c1-9-6-12-13(19-5-4-18-12)7-10(9)11-2-3-16-14(8-15)17-11/h2-3,6-7H,4-5H2,1H3. The second kappa shape index (κ2) is 4.58. The maximum absolute atomic E-state index is 8.85. The smallest absolute Gasteiger partial charge is 0.232 e. The van der Waals surface area contributed by atoms with Gasteiger partial charge >= 0.3 is 0 Å². The van der Waals surface area contributed by atoms with E-state index in [1.165, 1.54) is 0 Å². The highest BCUT2D eigenvalue weighted by molar-refractivity contribution is 5.68. The number of benzene rings is 1. The van der Waals surface area contributed by atoms with Crippen LogP contribution in [0.15, 0.2) is 24.4 Å². The van der Waals surface area contributed by atoms with Gasteiger partial charge in [0.1, 0.15) is 19.3 Å². The first-order chi connectivity index (χ1) is 9.28. The zero-order valence-electron chi connectivity index (χ0n) is 10.4. The van der Waals surface area contributed by atoms with Crippen molar-refractivity contribution in [2.75, 3.05) is 13.2 Å². The molecule has 1 aromatic carbocycles. The molecule has 19 heavy (non-hydrogen) atoms. The topological polar surface area (TPSA) is 68.0 Å². The molecule has 0 saturated carbocycles. The summed E-state index contributed by atoms with van der Waals surface area (Å²) in [6.45, 7) is 3.09. The largest absolute Gasteiger partial charge is 0.486 e. The summed E-state index contributed by atoms with van der Waals surface area (Å²) in [5.41, 5.74) is 2.65. The second-order valence-electron chi connectivity index (χ2n) is 4.19. The number of hydrogen-bond acceptors (Lipinski definition) is 5. The summed E-state index contributed by atoms with van der Waals surface area (Å²) in [7, 11) is 0. The number of nitriles is 1. The maximum Gasteiger partial charge on any atom is 0.232 e. The molecule has 1 aromatic heterocycles. The first kappa shape index (κ1) is 11.5. The molecule has 0 atom stereocenters. The Morgan fingerprint density at radius 2 is 1.95 bits per heavy atom. The number of aromatic nitrogens is 2. The predicted molar refractivity (Wildman–Crippen MR) is 67.9 cm³/mol. The van der Waals surface area contributed by atoms with Crippen LogP contribution in [0.2, 0.25) is 0 Å².